The summed E-state index contributed by atoms with van der Waals surface area (Å²) >= 11 is 0. The lowest BCUT2D eigenvalue weighted by Gasteiger charge is -2.37. The first-order valence-corrected chi connectivity index (χ1v) is 11.6. The van der Waals surface area contributed by atoms with Gasteiger partial charge in [0.1, 0.15) is 6.61 Å². The quantitative estimate of drug-likeness (QED) is 0.637. The second-order valence-corrected chi connectivity index (χ2v) is 8.86. The van der Waals surface area contributed by atoms with Crippen molar-refractivity contribution in [2.24, 2.45) is 5.92 Å². The van der Waals surface area contributed by atoms with Gasteiger partial charge in [-0.3, -0.25) is 4.55 Å². The minimum Gasteiger partial charge on any atom is -0.445 e. The van der Waals surface area contributed by atoms with Crippen LogP contribution < -0.4 is 5.32 Å². The molecule has 1 atom stereocenters. The Kier molecular flexibility index (Phi) is 8.84. The number of piperidine rings is 1. The van der Waals surface area contributed by atoms with E-state index in [-0.39, 0.29) is 26.1 Å². The van der Waals surface area contributed by atoms with E-state index in [2.05, 4.69) is 15.3 Å². The van der Waals surface area contributed by atoms with Crippen molar-refractivity contribution in [3.05, 3.63) is 53.9 Å². The average molecular weight is 473 g/mol. The first-order chi connectivity index (χ1) is 14.9. The van der Waals surface area contributed by atoms with Gasteiger partial charge in [-0.15, -0.1) is 0 Å². The Balaban J connectivity index is 0.000000654. The molecule has 2 N–H and O–H groups in total. The molecule has 9 nitrogen and oxygen atoms in total. The fourth-order valence-corrected chi connectivity index (χ4v) is 2.92. The van der Waals surface area contributed by atoms with Gasteiger partial charge in [0, 0.05) is 31.4 Å². The number of hydrogen-bond acceptors (Lipinski definition) is 7. The zero-order valence-corrected chi connectivity index (χ0v) is 18.6. The lowest BCUT2D eigenvalue weighted by Crippen LogP contribution is -2.52. The van der Waals surface area contributed by atoms with Crippen LogP contribution in [0.15, 0.2) is 42.7 Å². The second kappa shape index (κ2) is 11.1. The van der Waals surface area contributed by atoms with Gasteiger partial charge in [-0.05, 0) is 25.0 Å². The molecule has 0 aliphatic carbocycles. The van der Waals surface area contributed by atoms with E-state index in [9.17, 15) is 22.0 Å². The number of benzene rings is 1. The molecule has 1 aliphatic heterocycles. The summed E-state index contributed by atoms with van der Waals surface area (Å²) in [6.07, 6.45) is 3.26. The van der Waals surface area contributed by atoms with Crippen molar-refractivity contribution in [1.82, 2.24) is 14.9 Å². The van der Waals surface area contributed by atoms with Crippen molar-refractivity contribution < 1.29 is 31.3 Å². The van der Waals surface area contributed by atoms with Crippen molar-refractivity contribution in [1.29, 1.82) is 0 Å². The van der Waals surface area contributed by atoms with Crippen molar-refractivity contribution in [2.75, 3.05) is 31.2 Å². The predicted octanol–water partition coefficient (Wildman–Crippen LogP) is 2.99. The molecule has 0 bridgehead atoms. The number of alkyl halides is 2. The van der Waals surface area contributed by atoms with Crippen LogP contribution in [0, 0.1) is 12.8 Å². The number of nitrogens with zero attached hydrogens (tertiary/aromatic N) is 3. The Bertz CT molecular complexity index is 967. The molecule has 2 aromatic rings. The molecule has 0 unspecified atom stereocenters. The van der Waals surface area contributed by atoms with Crippen LogP contribution in [0.2, 0.25) is 0 Å². The average Bonchev–Trinajstić information content (AvgIpc) is 2.71. The van der Waals surface area contributed by atoms with Crippen LogP contribution in [0.5, 0.6) is 0 Å². The third-order valence-corrected chi connectivity index (χ3v) is 4.56. The molecular formula is C20H26F2N4O5S. The minimum atomic E-state index is -3.67. The van der Waals surface area contributed by atoms with Gasteiger partial charge < -0.3 is 15.0 Å². The molecule has 1 aromatic carbocycles. The summed E-state index contributed by atoms with van der Waals surface area (Å²) in [6.45, 7) is 1.65. The van der Waals surface area contributed by atoms with E-state index in [4.69, 9.17) is 9.29 Å². The number of ether oxygens (including phenoxy) is 1. The molecule has 1 amide bonds. The summed E-state index contributed by atoms with van der Waals surface area (Å²) in [7, 11) is -3.67. The first kappa shape index (κ1) is 25.4. The summed E-state index contributed by atoms with van der Waals surface area (Å²) in [6, 6.07) is 9.17. The van der Waals surface area contributed by atoms with Crippen molar-refractivity contribution in [2.45, 2.75) is 25.9 Å². The molecule has 0 radical (unpaired) electrons. The van der Waals surface area contributed by atoms with Crippen molar-refractivity contribution >= 4 is 22.2 Å². The molecule has 12 heteroatoms. The van der Waals surface area contributed by atoms with Gasteiger partial charge in [0.25, 0.3) is 16.0 Å². The van der Waals surface area contributed by atoms with E-state index < -0.39 is 34.6 Å². The molecule has 2 heterocycles. The van der Waals surface area contributed by atoms with Gasteiger partial charge in [-0.25, -0.2) is 23.5 Å². The van der Waals surface area contributed by atoms with Crippen molar-refractivity contribution in [3.63, 3.8) is 0 Å². The van der Waals surface area contributed by atoms with E-state index in [0.717, 1.165) is 16.0 Å². The number of likely N-dealkylation sites (tertiary alicyclic amines) is 1. The van der Waals surface area contributed by atoms with Crippen LogP contribution in [0.3, 0.4) is 0 Å². The maximum absolute atomic E-state index is 14.5. The van der Waals surface area contributed by atoms with Crippen LogP contribution in [-0.4, -0.2) is 65.7 Å². The lowest BCUT2D eigenvalue weighted by molar-refractivity contribution is -0.102. The number of anilines is 1. The topological polar surface area (TPSA) is 122 Å². The molecule has 3 rings (SSSR count). The fraction of sp³-hybridized carbons (Fsp3) is 0.450. The number of aromatic nitrogens is 2. The Morgan fingerprint density at radius 1 is 1.28 bits per heavy atom. The van der Waals surface area contributed by atoms with Gasteiger partial charge in [0.2, 0.25) is 5.95 Å². The highest BCUT2D eigenvalue weighted by Gasteiger charge is 2.46. The molecular weight excluding hydrogens is 446 g/mol. The maximum Gasteiger partial charge on any atom is 0.410 e. The molecule has 176 valence electrons. The highest BCUT2D eigenvalue weighted by molar-refractivity contribution is 7.85. The highest BCUT2D eigenvalue weighted by atomic mass is 32.2. The van der Waals surface area contributed by atoms with E-state index in [0.29, 0.717) is 12.2 Å². The Morgan fingerprint density at radius 2 is 1.88 bits per heavy atom. The highest BCUT2D eigenvalue weighted by Crippen LogP contribution is 2.33. The van der Waals surface area contributed by atoms with Crippen LogP contribution in [-0.2, 0) is 21.5 Å². The first-order valence-electron chi connectivity index (χ1n) is 9.72. The standard InChI is InChI=1S/C19H22F2N4O2.CH4O3S/c1-14-3-5-15(6-4-14)12-27-18(26)25-10-7-16(19(20,21)13-25)11-24-17-22-8-2-9-23-17;1-5(2,3)4/h2-6,8-9,16H,7,10-13H2,1H3,(H,22,23,24);1H3,(H,2,3,4)/t16-;/m0./s1. The third-order valence-electron chi connectivity index (χ3n) is 4.56. The summed E-state index contributed by atoms with van der Waals surface area (Å²) in [5.41, 5.74) is 1.92. The fourth-order valence-electron chi connectivity index (χ4n) is 2.92. The predicted molar refractivity (Wildman–Crippen MR) is 114 cm³/mol. The molecule has 1 aromatic heterocycles. The smallest absolute Gasteiger partial charge is 0.410 e. The minimum absolute atomic E-state index is 0.0449. The number of nitrogens with one attached hydrogen (secondary N) is 1. The van der Waals surface area contributed by atoms with Crippen LogP contribution in [0.25, 0.3) is 0 Å². The molecule has 0 spiro atoms. The number of amides is 1. The summed E-state index contributed by atoms with van der Waals surface area (Å²) in [5, 5.41) is 2.83. The van der Waals surface area contributed by atoms with E-state index in [1.54, 1.807) is 18.5 Å². The Hall–Kier alpha value is -2.86. The SMILES string of the molecule is CS(=O)(=O)O.Cc1ccc(COC(=O)N2CC[C@@H](CNc3ncccn3)C(F)(F)C2)cc1. The van der Waals surface area contributed by atoms with Crippen molar-refractivity contribution in [3.8, 4) is 0 Å². The number of carbonyl (C=O) groups is 1. The molecule has 32 heavy (non-hydrogen) atoms. The monoisotopic (exact) mass is 472 g/mol. The maximum atomic E-state index is 14.5. The number of rotatable bonds is 5. The van der Waals surface area contributed by atoms with Crippen LogP contribution >= 0.6 is 0 Å². The lowest BCUT2D eigenvalue weighted by atomic mass is 9.93. The Morgan fingerprint density at radius 3 is 2.44 bits per heavy atom. The van der Waals surface area contributed by atoms with Gasteiger partial charge in [-0.1, -0.05) is 29.8 Å². The number of carbonyl (C=O) groups excluding carboxylic acids is 1. The number of hydrogen-bond donors (Lipinski definition) is 2. The molecule has 0 saturated carbocycles. The number of halogens is 2. The second-order valence-electron chi connectivity index (χ2n) is 7.39. The zero-order chi connectivity index (χ0) is 23.8. The van der Waals surface area contributed by atoms with Crippen LogP contribution in [0.1, 0.15) is 17.5 Å². The van der Waals surface area contributed by atoms with Gasteiger partial charge >= 0.3 is 6.09 Å². The van der Waals surface area contributed by atoms with Crippen LogP contribution in [0.4, 0.5) is 19.5 Å². The summed E-state index contributed by atoms with van der Waals surface area (Å²) in [5.74, 6) is -3.60. The van der Waals surface area contributed by atoms with E-state index in [1.165, 1.54) is 0 Å². The van der Waals surface area contributed by atoms with E-state index >= 15 is 0 Å². The molecule has 1 aliphatic rings. The summed E-state index contributed by atoms with van der Waals surface area (Å²) in [4.78, 5) is 21.1. The molecule has 1 saturated heterocycles. The number of aryl methyl sites for hydroxylation is 1. The van der Waals surface area contributed by atoms with E-state index in [1.807, 2.05) is 31.2 Å². The third kappa shape index (κ3) is 9.10. The van der Waals surface area contributed by atoms with Gasteiger partial charge in [0.15, 0.2) is 0 Å². The zero-order valence-electron chi connectivity index (χ0n) is 17.7. The normalized spacial score (nSPS) is 17.7. The van der Waals surface area contributed by atoms with Gasteiger partial charge in [-0.2, -0.15) is 8.42 Å². The molecule has 1 fully saturated rings. The summed E-state index contributed by atoms with van der Waals surface area (Å²) < 4.78 is 60.0. The van der Waals surface area contributed by atoms with Gasteiger partial charge in [0.05, 0.1) is 12.8 Å². The Labute approximate surface area is 185 Å². The largest absolute Gasteiger partial charge is 0.445 e.